The summed E-state index contributed by atoms with van der Waals surface area (Å²) < 4.78 is 2.27. The van der Waals surface area contributed by atoms with Crippen molar-refractivity contribution in [2.45, 2.75) is 38.8 Å². The molecule has 8 nitrogen and oxygen atoms in total. The predicted molar refractivity (Wildman–Crippen MR) is 81.5 cm³/mol. The highest BCUT2D eigenvalue weighted by atomic mass is 16.3. The first-order valence-corrected chi connectivity index (χ1v) is 6.96. The second-order valence-corrected chi connectivity index (χ2v) is 5.13. The Morgan fingerprint density at radius 3 is 2.24 bits per heavy atom. The zero-order valence-electron chi connectivity index (χ0n) is 12.7. The zero-order chi connectivity index (χ0) is 16.2. The Kier molecular flexibility index (Phi) is 5.56. The lowest BCUT2D eigenvalue weighted by atomic mass is 9.98. The lowest BCUT2D eigenvalue weighted by Gasteiger charge is -2.31. The Morgan fingerprint density at radius 2 is 1.81 bits per heavy atom. The molecule has 0 aliphatic rings. The summed E-state index contributed by atoms with van der Waals surface area (Å²) >= 11 is 0. The van der Waals surface area contributed by atoms with Crippen LogP contribution in [0.5, 0.6) is 0 Å². The van der Waals surface area contributed by atoms with E-state index in [2.05, 4.69) is 5.32 Å². The molecule has 0 amide bonds. The average molecular weight is 300 g/mol. The Hall–Kier alpha value is -1.80. The van der Waals surface area contributed by atoms with Crippen LogP contribution in [-0.2, 0) is 13.6 Å². The fraction of sp³-hybridized carbons (Fsp3) is 0.692. The smallest absolute Gasteiger partial charge is 0.332 e. The van der Waals surface area contributed by atoms with E-state index >= 15 is 0 Å². The molecule has 1 rings (SSSR count). The molecule has 1 aromatic heterocycles. The maximum absolute atomic E-state index is 12.2. The molecule has 0 unspecified atom stereocenters. The molecule has 1 aromatic rings. The van der Waals surface area contributed by atoms with E-state index in [-0.39, 0.29) is 24.7 Å². The van der Waals surface area contributed by atoms with E-state index in [1.54, 1.807) is 6.92 Å². The maximum Gasteiger partial charge on any atom is 0.332 e. The molecule has 21 heavy (non-hydrogen) atoms. The molecule has 120 valence electrons. The number of aliphatic hydroxyl groups excluding tert-OH is 2. The molecule has 0 aromatic carbocycles. The number of nitrogens with zero attached hydrogens (tertiary/aromatic N) is 2. The Morgan fingerprint density at radius 1 is 1.24 bits per heavy atom. The van der Waals surface area contributed by atoms with Crippen LogP contribution in [0.2, 0.25) is 0 Å². The summed E-state index contributed by atoms with van der Waals surface area (Å²) in [6.45, 7) is 3.31. The van der Waals surface area contributed by atoms with Crippen LogP contribution in [-0.4, -0.2) is 38.1 Å². The van der Waals surface area contributed by atoms with E-state index < -0.39 is 16.8 Å². The van der Waals surface area contributed by atoms with Crippen LogP contribution in [0.3, 0.4) is 0 Å². The molecule has 0 aliphatic carbocycles. The third-order valence-corrected chi connectivity index (χ3v) is 3.70. The van der Waals surface area contributed by atoms with Crippen molar-refractivity contribution in [2.75, 3.05) is 24.3 Å². The second-order valence-electron chi connectivity index (χ2n) is 5.13. The van der Waals surface area contributed by atoms with Crippen LogP contribution in [0.15, 0.2) is 9.59 Å². The monoisotopic (exact) mass is 300 g/mol. The van der Waals surface area contributed by atoms with Crippen molar-refractivity contribution >= 4 is 11.5 Å². The molecule has 0 saturated heterocycles. The van der Waals surface area contributed by atoms with E-state index in [0.29, 0.717) is 19.4 Å². The van der Waals surface area contributed by atoms with Crippen LogP contribution in [0.4, 0.5) is 11.5 Å². The van der Waals surface area contributed by atoms with Crippen molar-refractivity contribution in [3.05, 3.63) is 20.8 Å². The number of aliphatic hydroxyl groups is 2. The van der Waals surface area contributed by atoms with Gasteiger partial charge in [0.05, 0.1) is 18.8 Å². The fourth-order valence-electron chi connectivity index (χ4n) is 2.05. The van der Waals surface area contributed by atoms with Gasteiger partial charge >= 0.3 is 5.69 Å². The van der Waals surface area contributed by atoms with Gasteiger partial charge in [-0.05, 0) is 12.8 Å². The van der Waals surface area contributed by atoms with Gasteiger partial charge in [0.1, 0.15) is 11.5 Å². The van der Waals surface area contributed by atoms with Crippen LogP contribution >= 0.6 is 0 Å². The minimum Gasteiger partial charge on any atom is -0.394 e. The van der Waals surface area contributed by atoms with E-state index in [9.17, 15) is 19.8 Å². The molecule has 0 radical (unpaired) electrons. The second kappa shape index (κ2) is 6.77. The van der Waals surface area contributed by atoms with E-state index in [0.717, 1.165) is 4.57 Å². The predicted octanol–water partition coefficient (Wildman–Crippen LogP) is -0.915. The first-order chi connectivity index (χ1) is 9.87. The van der Waals surface area contributed by atoms with E-state index in [4.69, 9.17) is 5.73 Å². The molecule has 0 aliphatic heterocycles. The van der Waals surface area contributed by atoms with Gasteiger partial charge in [-0.25, -0.2) is 4.79 Å². The SMILES string of the molecule is CCCn1c(N)c(NC(CC)(CO)CO)c(=O)n(C)c1=O. The van der Waals surface area contributed by atoms with Crippen LogP contribution in [0.1, 0.15) is 26.7 Å². The maximum atomic E-state index is 12.2. The largest absolute Gasteiger partial charge is 0.394 e. The quantitative estimate of drug-likeness (QED) is 0.517. The fourth-order valence-corrected chi connectivity index (χ4v) is 2.05. The number of nitrogen functional groups attached to an aromatic ring is 1. The molecule has 0 atom stereocenters. The van der Waals surface area contributed by atoms with Crippen molar-refractivity contribution in [1.29, 1.82) is 0 Å². The van der Waals surface area contributed by atoms with Crippen molar-refractivity contribution in [3.8, 4) is 0 Å². The van der Waals surface area contributed by atoms with Crippen molar-refractivity contribution in [2.24, 2.45) is 7.05 Å². The molecule has 0 fully saturated rings. The molecule has 5 N–H and O–H groups in total. The topological polar surface area (TPSA) is 123 Å². The summed E-state index contributed by atoms with van der Waals surface area (Å²) in [7, 11) is 1.37. The Labute approximate surface area is 122 Å². The van der Waals surface area contributed by atoms with Crippen LogP contribution < -0.4 is 22.3 Å². The van der Waals surface area contributed by atoms with Crippen molar-refractivity contribution in [3.63, 3.8) is 0 Å². The first kappa shape index (κ1) is 17.3. The van der Waals surface area contributed by atoms with Gasteiger partial charge in [0.2, 0.25) is 0 Å². The van der Waals surface area contributed by atoms with Crippen LogP contribution in [0.25, 0.3) is 0 Å². The Bertz CT molecular complexity index is 593. The normalized spacial score (nSPS) is 11.7. The minimum atomic E-state index is -1.06. The third kappa shape index (κ3) is 3.11. The standard InChI is InChI=1S/C13H24N4O4/c1-4-6-17-10(14)9(11(20)16(3)12(17)21)15-13(5-2,7-18)8-19/h15,18-19H,4-8,14H2,1-3H3. The lowest BCUT2D eigenvalue weighted by molar-refractivity contribution is 0.132. The van der Waals surface area contributed by atoms with Gasteiger partial charge in [-0.3, -0.25) is 13.9 Å². The Balaban J connectivity index is 3.50. The summed E-state index contributed by atoms with van der Waals surface area (Å²) in [5, 5.41) is 21.8. The average Bonchev–Trinajstić information content (AvgIpc) is 2.51. The third-order valence-electron chi connectivity index (χ3n) is 3.70. The number of nitrogens with two attached hydrogens (primary N) is 1. The summed E-state index contributed by atoms with van der Waals surface area (Å²) in [5.41, 5.74) is 3.83. The number of nitrogens with one attached hydrogen (secondary N) is 1. The number of hydrogen-bond acceptors (Lipinski definition) is 6. The van der Waals surface area contributed by atoms with Gasteiger partial charge in [-0.1, -0.05) is 13.8 Å². The number of rotatable bonds is 7. The van der Waals surface area contributed by atoms with E-state index in [1.165, 1.54) is 11.6 Å². The molecular formula is C13H24N4O4. The zero-order valence-corrected chi connectivity index (χ0v) is 12.7. The first-order valence-electron chi connectivity index (χ1n) is 6.96. The molecule has 0 saturated carbocycles. The van der Waals surface area contributed by atoms with Gasteiger partial charge in [-0.15, -0.1) is 0 Å². The summed E-state index contributed by atoms with van der Waals surface area (Å²) in [6, 6.07) is 0. The van der Waals surface area contributed by atoms with Gasteiger partial charge < -0.3 is 21.3 Å². The van der Waals surface area contributed by atoms with Crippen LogP contribution in [0, 0.1) is 0 Å². The summed E-state index contributed by atoms with van der Waals surface area (Å²) in [6.07, 6.45) is 1.07. The molecule has 0 spiro atoms. The molecule has 0 bridgehead atoms. The number of hydrogen-bond donors (Lipinski definition) is 4. The van der Waals surface area contributed by atoms with Gasteiger partial charge in [0.25, 0.3) is 5.56 Å². The molecule has 1 heterocycles. The molecular weight excluding hydrogens is 276 g/mol. The van der Waals surface area contributed by atoms with Crippen molar-refractivity contribution in [1.82, 2.24) is 9.13 Å². The van der Waals surface area contributed by atoms with Crippen molar-refractivity contribution < 1.29 is 10.2 Å². The van der Waals surface area contributed by atoms with Gasteiger partial charge in [0, 0.05) is 13.6 Å². The number of anilines is 2. The molecule has 8 heteroatoms. The lowest BCUT2D eigenvalue weighted by Crippen LogP contribution is -2.49. The summed E-state index contributed by atoms with van der Waals surface area (Å²) in [4.78, 5) is 24.3. The van der Waals surface area contributed by atoms with Gasteiger partial charge in [-0.2, -0.15) is 0 Å². The highest BCUT2D eigenvalue weighted by Crippen LogP contribution is 2.20. The summed E-state index contributed by atoms with van der Waals surface area (Å²) in [5.74, 6) is 0.0182. The minimum absolute atomic E-state index is 0.0182. The van der Waals surface area contributed by atoms with E-state index in [1.807, 2.05) is 6.92 Å². The highest BCUT2D eigenvalue weighted by Gasteiger charge is 2.29. The highest BCUT2D eigenvalue weighted by molar-refractivity contribution is 5.62. The van der Waals surface area contributed by atoms with Gasteiger partial charge in [0.15, 0.2) is 0 Å². The number of aromatic nitrogens is 2.